The second-order valence-corrected chi connectivity index (χ2v) is 3.81. The average Bonchev–Trinajstić information content (AvgIpc) is 2.17. The Labute approximate surface area is 85.2 Å². The summed E-state index contributed by atoms with van der Waals surface area (Å²) in [7, 11) is 0. The molecule has 0 saturated heterocycles. The van der Waals surface area contributed by atoms with Crippen molar-refractivity contribution in [3.05, 3.63) is 34.7 Å². The molecule has 3 heteroatoms. The summed E-state index contributed by atoms with van der Waals surface area (Å²) in [5, 5.41) is 2.85. The van der Waals surface area contributed by atoms with Crippen LogP contribution in [0, 0.1) is 4.91 Å². The second-order valence-electron chi connectivity index (χ2n) is 2.77. The molecule has 0 aromatic heterocycles. The third kappa shape index (κ3) is 2.30. The van der Waals surface area contributed by atoms with E-state index in [9.17, 15) is 4.91 Å². The molecule has 1 rings (SSSR count). The molecule has 0 aliphatic rings. The molecule has 0 aliphatic heterocycles. The third-order valence-electron chi connectivity index (χ3n) is 1.84. The summed E-state index contributed by atoms with van der Waals surface area (Å²) < 4.78 is 1.17. The van der Waals surface area contributed by atoms with Crippen LogP contribution in [-0.4, -0.2) is 22.3 Å². The Balaban J connectivity index is 2.84. The van der Waals surface area contributed by atoms with Gasteiger partial charge in [-0.15, -0.1) is 0 Å². The molecule has 0 fully saturated rings. The van der Waals surface area contributed by atoms with Gasteiger partial charge >= 0.3 is 85.2 Å². The molecule has 0 spiro atoms. The quantitative estimate of drug-likeness (QED) is 0.616. The van der Waals surface area contributed by atoms with Crippen LogP contribution in [0.3, 0.4) is 0 Å². The van der Waals surface area contributed by atoms with Gasteiger partial charge in [0.25, 0.3) is 0 Å². The molecule has 2 nitrogen and oxygen atoms in total. The average molecular weight is 277 g/mol. The fourth-order valence-corrected chi connectivity index (χ4v) is 1.57. The van der Waals surface area contributed by atoms with Crippen molar-refractivity contribution in [1.29, 1.82) is 0 Å². The van der Waals surface area contributed by atoms with Crippen LogP contribution >= 0.6 is 0 Å². The van der Waals surface area contributed by atoms with Crippen LogP contribution in [0.1, 0.15) is 18.4 Å². The predicted octanol–water partition coefficient (Wildman–Crippen LogP) is 2.51. The Hall–Kier alpha value is -0.390. The van der Waals surface area contributed by atoms with Gasteiger partial charge in [0.15, 0.2) is 0 Å². The minimum absolute atomic E-state index is 0.506. The van der Waals surface area contributed by atoms with Crippen molar-refractivity contribution >= 4 is 28.0 Å². The zero-order chi connectivity index (χ0) is 8.97. The van der Waals surface area contributed by atoms with Crippen LogP contribution in [0.25, 0.3) is 0 Å². The summed E-state index contributed by atoms with van der Waals surface area (Å²) in [6.45, 7) is 2.18. The van der Waals surface area contributed by atoms with E-state index in [0.717, 1.165) is 0 Å². The fraction of sp³-hybridized carbons (Fsp3) is 0.333. The van der Waals surface area contributed by atoms with Crippen LogP contribution in [0.5, 0.6) is 0 Å². The van der Waals surface area contributed by atoms with Gasteiger partial charge in [0.2, 0.25) is 0 Å². The standard InChI is InChI=1S/C9H11NOTe/c1-7(6-12)8-2-4-9(10-11)5-3-8/h2-5,7,12H,6H2,1H3. The van der Waals surface area contributed by atoms with Gasteiger partial charge in [-0.25, -0.2) is 0 Å². The molecule has 1 aromatic rings. The summed E-state index contributed by atoms with van der Waals surface area (Å²) in [6.07, 6.45) is 0. The van der Waals surface area contributed by atoms with Gasteiger partial charge in [-0.3, -0.25) is 0 Å². The van der Waals surface area contributed by atoms with Gasteiger partial charge in [0, 0.05) is 0 Å². The number of nitrogens with zero attached hydrogens (tertiary/aromatic N) is 1. The van der Waals surface area contributed by atoms with Crippen molar-refractivity contribution in [2.75, 3.05) is 0 Å². The van der Waals surface area contributed by atoms with E-state index >= 15 is 0 Å². The van der Waals surface area contributed by atoms with Crippen LogP contribution in [0.2, 0.25) is 4.47 Å². The summed E-state index contributed by atoms with van der Waals surface area (Å²) in [4.78, 5) is 10.1. The molecular weight excluding hydrogens is 266 g/mol. The predicted molar refractivity (Wildman–Crippen MR) is 52.3 cm³/mol. The topological polar surface area (TPSA) is 29.4 Å². The van der Waals surface area contributed by atoms with Gasteiger partial charge in [0.1, 0.15) is 0 Å². The van der Waals surface area contributed by atoms with E-state index in [1.807, 2.05) is 34.4 Å². The molecule has 12 heavy (non-hydrogen) atoms. The Morgan fingerprint density at radius 3 is 2.42 bits per heavy atom. The van der Waals surface area contributed by atoms with Crippen LogP contribution in [0.4, 0.5) is 5.69 Å². The van der Waals surface area contributed by atoms with Crippen LogP contribution < -0.4 is 0 Å². The maximum atomic E-state index is 10.1. The molecule has 1 aromatic carbocycles. The first-order valence-electron chi connectivity index (χ1n) is 3.82. The fourth-order valence-electron chi connectivity index (χ4n) is 0.969. The normalized spacial score (nSPS) is 12.5. The van der Waals surface area contributed by atoms with Crippen molar-refractivity contribution in [3.63, 3.8) is 0 Å². The van der Waals surface area contributed by atoms with Crippen molar-refractivity contribution in [3.8, 4) is 0 Å². The Morgan fingerprint density at radius 2 is 2.00 bits per heavy atom. The van der Waals surface area contributed by atoms with E-state index in [4.69, 9.17) is 0 Å². The summed E-state index contributed by atoms with van der Waals surface area (Å²) in [6, 6.07) is 7.47. The maximum absolute atomic E-state index is 10.1. The first-order valence-corrected chi connectivity index (χ1v) is 5.62. The molecule has 1 unspecified atom stereocenters. The zero-order valence-electron chi connectivity index (χ0n) is 6.90. The van der Waals surface area contributed by atoms with Gasteiger partial charge in [0.05, 0.1) is 0 Å². The van der Waals surface area contributed by atoms with E-state index < -0.39 is 0 Å². The third-order valence-corrected chi connectivity index (χ3v) is 3.40. The Morgan fingerprint density at radius 1 is 1.42 bits per heavy atom. The Kier molecular flexibility index (Phi) is 3.71. The van der Waals surface area contributed by atoms with E-state index in [2.05, 4.69) is 12.1 Å². The second kappa shape index (κ2) is 4.59. The van der Waals surface area contributed by atoms with E-state index in [-0.39, 0.29) is 0 Å². The molecule has 64 valence electrons. The van der Waals surface area contributed by atoms with Gasteiger partial charge in [-0.1, -0.05) is 0 Å². The molecule has 0 N–H and O–H groups in total. The first-order chi connectivity index (χ1) is 5.77. The van der Waals surface area contributed by atoms with Gasteiger partial charge < -0.3 is 0 Å². The van der Waals surface area contributed by atoms with Crippen molar-refractivity contribution in [2.45, 2.75) is 17.3 Å². The summed E-state index contributed by atoms with van der Waals surface area (Å²) >= 11 is 1.82. The van der Waals surface area contributed by atoms with Gasteiger partial charge in [-0.05, 0) is 0 Å². The van der Waals surface area contributed by atoms with E-state index in [1.165, 1.54) is 10.0 Å². The number of nitroso groups, excluding NO2 is 1. The zero-order valence-corrected chi connectivity index (χ0v) is 9.45. The number of hydrogen-bond donors (Lipinski definition) is 0. The number of benzene rings is 1. The summed E-state index contributed by atoms with van der Waals surface area (Å²) in [5.74, 6) is 0.583. The van der Waals surface area contributed by atoms with E-state index in [0.29, 0.717) is 11.6 Å². The Bertz CT molecular complexity index is 258. The van der Waals surface area contributed by atoms with Crippen molar-refractivity contribution in [2.24, 2.45) is 5.18 Å². The summed E-state index contributed by atoms with van der Waals surface area (Å²) in [5.41, 5.74) is 1.79. The molecule has 0 amide bonds. The number of hydrogen-bond acceptors (Lipinski definition) is 2. The monoisotopic (exact) mass is 279 g/mol. The molecule has 0 bridgehead atoms. The SMILES string of the molecule is CC(C[TeH])c1ccc(N=O)cc1. The van der Waals surface area contributed by atoms with Crippen LogP contribution in [0.15, 0.2) is 29.4 Å². The van der Waals surface area contributed by atoms with Crippen molar-refractivity contribution in [1.82, 2.24) is 0 Å². The molecule has 1 atom stereocenters. The van der Waals surface area contributed by atoms with Crippen LogP contribution in [-0.2, 0) is 0 Å². The van der Waals surface area contributed by atoms with Crippen molar-refractivity contribution < 1.29 is 0 Å². The molecule has 0 aliphatic carbocycles. The first kappa shape index (κ1) is 9.70. The number of rotatable bonds is 3. The molecule has 0 radical (unpaired) electrons. The molecule has 0 heterocycles. The minimum atomic E-state index is 0.506. The molecule has 0 saturated carbocycles. The van der Waals surface area contributed by atoms with E-state index in [1.54, 1.807) is 12.1 Å². The molecular formula is C9H11NOTe. The van der Waals surface area contributed by atoms with Gasteiger partial charge in [-0.2, -0.15) is 0 Å².